The molecule has 0 fully saturated rings. The van der Waals surface area contributed by atoms with Gasteiger partial charge >= 0.3 is 0 Å². The van der Waals surface area contributed by atoms with Crippen LogP contribution in [0, 0.1) is 21.7 Å². The third-order valence-electron chi connectivity index (χ3n) is 2.88. The van der Waals surface area contributed by atoms with Crippen molar-refractivity contribution in [1.29, 1.82) is 0 Å². The maximum atomic E-state index is 13.5. The minimum atomic E-state index is -0.573. The number of hydrogen-bond acceptors (Lipinski definition) is 3. The van der Waals surface area contributed by atoms with Crippen molar-refractivity contribution < 1.29 is 13.7 Å². The Morgan fingerprint density at radius 2 is 1.81 bits per heavy atom. The fourth-order valence-corrected chi connectivity index (χ4v) is 2.29. The summed E-state index contributed by atoms with van der Waals surface area (Å²) in [6, 6.07) is 7.77. The van der Waals surface area contributed by atoms with Crippen LogP contribution in [0.2, 0.25) is 0 Å². The monoisotopic (exact) mass is 356 g/mol. The average molecular weight is 357 g/mol. The molecule has 2 aromatic carbocycles. The van der Waals surface area contributed by atoms with Crippen LogP contribution in [-0.4, -0.2) is 4.92 Å². The lowest BCUT2D eigenvalue weighted by atomic mass is 10.1. The van der Waals surface area contributed by atoms with Gasteiger partial charge in [-0.2, -0.15) is 0 Å². The molecule has 0 aliphatic heterocycles. The van der Waals surface area contributed by atoms with Gasteiger partial charge in [0.05, 0.1) is 4.92 Å². The Labute approximate surface area is 128 Å². The zero-order chi connectivity index (χ0) is 15.4. The van der Waals surface area contributed by atoms with Crippen molar-refractivity contribution in [1.82, 2.24) is 5.32 Å². The molecule has 0 spiro atoms. The first-order valence-electron chi connectivity index (χ1n) is 6.05. The summed E-state index contributed by atoms with van der Waals surface area (Å²) in [7, 11) is 0. The van der Waals surface area contributed by atoms with Gasteiger partial charge in [0.15, 0.2) is 0 Å². The molecule has 0 radical (unpaired) electrons. The van der Waals surface area contributed by atoms with Gasteiger partial charge in [-0.15, -0.1) is 0 Å². The van der Waals surface area contributed by atoms with Gasteiger partial charge in [0.25, 0.3) is 5.69 Å². The maximum absolute atomic E-state index is 13.5. The van der Waals surface area contributed by atoms with E-state index >= 15 is 0 Å². The molecule has 7 heteroatoms. The molecule has 110 valence electrons. The van der Waals surface area contributed by atoms with Gasteiger partial charge in [-0.25, -0.2) is 8.78 Å². The molecule has 0 amide bonds. The molecule has 0 heterocycles. The predicted octanol–water partition coefficient (Wildman–Crippen LogP) is 3.93. The van der Waals surface area contributed by atoms with Gasteiger partial charge < -0.3 is 5.32 Å². The Bertz CT molecular complexity index is 680. The van der Waals surface area contributed by atoms with Gasteiger partial charge in [0.2, 0.25) is 0 Å². The molecular formula is C14H11BrF2N2O2. The lowest BCUT2D eigenvalue weighted by molar-refractivity contribution is -0.385. The summed E-state index contributed by atoms with van der Waals surface area (Å²) < 4.78 is 27.4. The van der Waals surface area contributed by atoms with Gasteiger partial charge in [-0.1, -0.05) is 15.9 Å². The first kappa shape index (κ1) is 15.5. The highest BCUT2D eigenvalue weighted by Crippen LogP contribution is 2.20. The Kier molecular flexibility index (Phi) is 4.98. The summed E-state index contributed by atoms with van der Waals surface area (Å²) in [6.07, 6.45) is 0. The zero-order valence-corrected chi connectivity index (χ0v) is 12.4. The van der Waals surface area contributed by atoms with E-state index < -0.39 is 10.7 Å². The highest BCUT2D eigenvalue weighted by Gasteiger charge is 2.14. The molecule has 0 saturated heterocycles. The quantitative estimate of drug-likeness (QED) is 0.652. The highest BCUT2D eigenvalue weighted by molar-refractivity contribution is 9.10. The van der Waals surface area contributed by atoms with Crippen molar-refractivity contribution in [3.05, 3.63) is 73.7 Å². The lowest BCUT2D eigenvalue weighted by Crippen LogP contribution is -2.15. The Hall–Kier alpha value is -1.86. The molecule has 1 N–H and O–H groups in total. The van der Waals surface area contributed by atoms with E-state index in [0.717, 1.165) is 22.7 Å². The van der Waals surface area contributed by atoms with Crippen LogP contribution in [0.4, 0.5) is 14.5 Å². The van der Waals surface area contributed by atoms with Crippen LogP contribution < -0.4 is 5.32 Å². The summed E-state index contributed by atoms with van der Waals surface area (Å²) in [5.74, 6) is -0.925. The fraction of sp³-hybridized carbons (Fsp3) is 0.143. The smallest absolute Gasteiger partial charge is 0.274 e. The van der Waals surface area contributed by atoms with Crippen molar-refractivity contribution in [2.24, 2.45) is 0 Å². The van der Waals surface area contributed by atoms with Crippen LogP contribution in [0.1, 0.15) is 11.1 Å². The SMILES string of the molecule is O=[N+]([O-])c1ccc(F)cc1CNCc1cc(Br)ccc1F. The van der Waals surface area contributed by atoms with E-state index in [-0.39, 0.29) is 30.2 Å². The zero-order valence-electron chi connectivity index (χ0n) is 10.8. The summed E-state index contributed by atoms with van der Waals surface area (Å²) in [5, 5.41) is 13.7. The molecule has 0 aliphatic carbocycles. The van der Waals surface area contributed by atoms with Gasteiger partial charge in [0.1, 0.15) is 11.6 Å². The van der Waals surface area contributed by atoms with Crippen LogP contribution in [-0.2, 0) is 13.1 Å². The second kappa shape index (κ2) is 6.73. The van der Waals surface area contributed by atoms with Gasteiger partial charge in [-0.3, -0.25) is 10.1 Å². The molecule has 2 rings (SSSR count). The van der Waals surface area contributed by atoms with E-state index in [2.05, 4.69) is 21.2 Å². The number of nitro groups is 1. The van der Waals surface area contributed by atoms with Crippen LogP contribution in [0.15, 0.2) is 40.9 Å². The van der Waals surface area contributed by atoms with Crippen molar-refractivity contribution in [2.45, 2.75) is 13.1 Å². The van der Waals surface area contributed by atoms with Crippen molar-refractivity contribution in [2.75, 3.05) is 0 Å². The van der Waals surface area contributed by atoms with Gasteiger partial charge in [-0.05, 0) is 30.3 Å². The number of hydrogen-bond donors (Lipinski definition) is 1. The number of benzene rings is 2. The fourth-order valence-electron chi connectivity index (χ4n) is 1.88. The number of rotatable bonds is 5. The molecule has 0 aromatic heterocycles. The lowest BCUT2D eigenvalue weighted by Gasteiger charge is -2.07. The molecule has 0 bridgehead atoms. The third kappa shape index (κ3) is 4.05. The normalized spacial score (nSPS) is 10.6. The number of nitro benzene ring substituents is 1. The van der Waals surface area contributed by atoms with E-state index in [1.807, 2.05) is 0 Å². The summed E-state index contributed by atoms with van der Waals surface area (Å²) in [5.41, 5.74) is 0.470. The van der Waals surface area contributed by atoms with E-state index in [1.54, 1.807) is 12.1 Å². The van der Waals surface area contributed by atoms with E-state index in [4.69, 9.17) is 0 Å². The van der Waals surface area contributed by atoms with Crippen LogP contribution in [0.3, 0.4) is 0 Å². The second-order valence-corrected chi connectivity index (χ2v) is 5.29. The summed E-state index contributed by atoms with van der Waals surface area (Å²) in [6.45, 7) is 0.249. The minimum Gasteiger partial charge on any atom is -0.308 e. The number of nitrogens with zero attached hydrogens (tertiary/aromatic N) is 1. The molecule has 0 saturated carbocycles. The van der Waals surface area contributed by atoms with Crippen LogP contribution in [0.5, 0.6) is 0 Å². The standard InChI is InChI=1S/C14H11BrF2N2O2/c15-11-1-3-13(17)9(5-11)7-18-8-10-6-12(16)2-4-14(10)19(20)21/h1-6,18H,7-8H2. The first-order chi connectivity index (χ1) is 9.97. The van der Waals surface area contributed by atoms with E-state index in [1.165, 1.54) is 6.07 Å². The molecular weight excluding hydrogens is 346 g/mol. The number of halogens is 3. The topological polar surface area (TPSA) is 55.2 Å². The molecule has 0 unspecified atom stereocenters. The van der Waals surface area contributed by atoms with E-state index in [9.17, 15) is 18.9 Å². The molecule has 4 nitrogen and oxygen atoms in total. The molecule has 2 aromatic rings. The second-order valence-electron chi connectivity index (χ2n) is 4.37. The molecule has 0 atom stereocenters. The Morgan fingerprint density at radius 3 is 2.52 bits per heavy atom. The first-order valence-corrected chi connectivity index (χ1v) is 6.84. The largest absolute Gasteiger partial charge is 0.308 e. The predicted molar refractivity (Wildman–Crippen MR) is 77.7 cm³/mol. The molecule has 0 aliphatic rings. The number of nitrogens with one attached hydrogen (secondary N) is 1. The third-order valence-corrected chi connectivity index (χ3v) is 3.37. The van der Waals surface area contributed by atoms with E-state index in [0.29, 0.717) is 5.56 Å². The van der Waals surface area contributed by atoms with Crippen LogP contribution >= 0.6 is 15.9 Å². The summed E-state index contributed by atoms with van der Waals surface area (Å²) >= 11 is 3.24. The van der Waals surface area contributed by atoms with Crippen molar-refractivity contribution in [3.63, 3.8) is 0 Å². The van der Waals surface area contributed by atoms with Crippen molar-refractivity contribution >= 4 is 21.6 Å². The Balaban J connectivity index is 2.08. The summed E-state index contributed by atoms with van der Waals surface area (Å²) in [4.78, 5) is 10.3. The van der Waals surface area contributed by atoms with Crippen molar-refractivity contribution in [3.8, 4) is 0 Å². The Morgan fingerprint density at radius 1 is 1.10 bits per heavy atom. The maximum Gasteiger partial charge on any atom is 0.274 e. The average Bonchev–Trinajstić information content (AvgIpc) is 2.42. The highest BCUT2D eigenvalue weighted by atomic mass is 79.9. The molecule has 21 heavy (non-hydrogen) atoms. The van der Waals surface area contributed by atoms with Gasteiger partial charge in [0, 0.05) is 34.8 Å². The van der Waals surface area contributed by atoms with Crippen LogP contribution in [0.25, 0.3) is 0 Å². The minimum absolute atomic E-state index is 0.0695.